The van der Waals surface area contributed by atoms with Gasteiger partial charge in [0.05, 0.1) is 0 Å². The zero-order chi connectivity index (χ0) is 9.31. The van der Waals surface area contributed by atoms with Crippen molar-refractivity contribution in [2.45, 2.75) is 12.8 Å². The Morgan fingerprint density at radius 3 is 2.38 bits per heavy atom. The molecule has 1 aromatic carbocycles. The molecule has 0 saturated carbocycles. The Kier molecular flexibility index (Phi) is 2.35. The number of benzene rings is 1. The highest BCUT2D eigenvalue weighted by Gasteiger charge is 2.32. The van der Waals surface area contributed by atoms with E-state index in [2.05, 4.69) is 0 Å². The average Bonchev–Trinajstić information content (AvgIpc) is 2.54. The van der Waals surface area contributed by atoms with E-state index in [-0.39, 0.29) is 5.82 Å². The van der Waals surface area contributed by atoms with Gasteiger partial charge in [0.25, 0.3) is 0 Å². The smallest absolute Gasteiger partial charge is 0.132 e. The van der Waals surface area contributed by atoms with Crippen LogP contribution in [0, 0.1) is 5.82 Å². The first-order valence-corrected chi connectivity index (χ1v) is 6.68. The fraction of sp³-hybridized carbons (Fsp3) is 0.400. The van der Waals surface area contributed by atoms with E-state index < -0.39 is 7.49 Å². The number of hydrogen-bond donors (Lipinski definition) is 1. The summed E-state index contributed by atoms with van der Waals surface area (Å²) in [5.74, 6) is -0.236. The van der Waals surface area contributed by atoms with Crippen molar-refractivity contribution in [3.63, 3.8) is 0 Å². The van der Waals surface area contributed by atoms with Crippen molar-refractivity contribution in [3.8, 4) is 0 Å². The maximum absolute atomic E-state index is 13.4. The van der Waals surface area contributed by atoms with Gasteiger partial charge in [0, 0.05) is 12.8 Å². The second kappa shape index (κ2) is 3.36. The van der Waals surface area contributed by atoms with Gasteiger partial charge in [0.2, 0.25) is 0 Å². The molecule has 0 aromatic heterocycles. The zero-order valence-electron chi connectivity index (χ0n) is 7.41. The molecular formula is C10H13FOP. The van der Waals surface area contributed by atoms with Crippen molar-refractivity contribution >= 4 is 12.8 Å². The summed E-state index contributed by atoms with van der Waals surface area (Å²) < 4.78 is 13.4. The van der Waals surface area contributed by atoms with Crippen LogP contribution >= 0.6 is 7.49 Å². The lowest BCUT2D eigenvalue weighted by Gasteiger charge is -2.25. The minimum absolute atomic E-state index is 0.236. The first kappa shape index (κ1) is 9.11. The van der Waals surface area contributed by atoms with E-state index in [0.717, 1.165) is 25.2 Å². The van der Waals surface area contributed by atoms with Gasteiger partial charge in [-0.25, -0.2) is 4.39 Å². The van der Waals surface area contributed by atoms with Crippen molar-refractivity contribution < 1.29 is 9.28 Å². The monoisotopic (exact) mass is 199 g/mol. The summed E-state index contributed by atoms with van der Waals surface area (Å²) in [7, 11) is -2.09. The molecular weight excluding hydrogens is 186 g/mol. The van der Waals surface area contributed by atoms with E-state index in [1.54, 1.807) is 18.2 Å². The van der Waals surface area contributed by atoms with Crippen LogP contribution in [0.25, 0.3) is 0 Å². The molecule has 0 atom stereocenters. The van der Waals surface area contributed by atoms with Crippen molar-refractivity contribution in [3.05, 3.63) is 30.1 Å². The average molecular weight is 199 g/mol. The van der Waals surface area contributed by atoms with Crippen LogP contribution in [0.2, 0.25) is 0 Å². The van der Waals surface area contributed by atoms with Crippen LogP contribution in [0.3, 0.4) is 0 Å². The molecule has 1 radical (unpaired) electrons. The second-order valence-corrected chi connectivity index (χ2v) is 6.75. The van der Waals surface area contributed by atoms with E-state index in [4.69, 9.17) is 0 Å². The summed E-state index contributed by atoms with van der Waals surface area (Å²) in [4.78, 5) is 10.2. The van der Waals surface area contributed by atoms with E-state index in [1.165, 1.54) is 6.07 Å². The van der Waals surface area contributed by atoms with Crippen LogP contribution < -0.4 is 5.30 Å². The van der Waals surface area contributed by atoms with Gasteiger partial charge in [0.1, 0.15) is 5.82 Å². The third-order valence-electron chi connectivity index (χ3n) is 2.61. The van der Waals surface area contributed by atoms with Gasteiger partial charge in [-0.3, -0.25) is 0 Å². The van der Waals surface area contributed by atoms with Gasteiger partial charge >= 0.3 is 0 Å². The normalized spacial score (nSPS) is 20.5. The lowest BCUT2D eigenvalue weighted by Crippen LogP contribution is -2.16. The van der Waals surface area contributed by atoms with Crippen LogP contribution in [-0.2, 0) is 0 Å². The number of halogens is 1. The Bertz CT molecular complexity index is 308. The Balaban J connectivity index is 2.39. The van der Waals surface area contributed by atoms with E-state index in [0.29, 0.717) is 5.30 Å². The van der Waals surface area contributed by atoms with Gasteiger partial charge in [0.15, 0.2) is 0 Å². The van der Waals surface area contributed by atoms with Crippen molar-refractivity contribution in [1.82, 2.24) is 0 Å². The minimum atomic E-state index is -2.09. The maximum atomic E-state index is 13.4. The van der Waals surface area contributed by atoms with E-state index in [9.17, 15) is 9.28 Å². The molecule has 1 saturated heterocycles. The molecule has 1 N–H and O–H groups in total. The predicted molar refractivity (Wildman–Crippen MR) is 54.1 cm³/mol. The SMILES string of the molecule is O[P]1(c2ccccc2F)CCCC1. The van der Waals surface area contributed by atoms with Crippen LogP contribution in [-0.4, -0.2) is 17.2 Å². The third kappa shape index (κ3) is 1.61. The molecule has 71 valence electrons. The minimum Gasteiger partial charge on any atom is -0.375 e. The summed E-state index contributed by atoms with van der Waals surface area (Å²) in [6.07, 6.45) is 3.68. The number of rotatable bonds is 1. The molecule has 1 heterocycles. The second-order valence-electron chi connectivity index (χ2n) is 3.53. The molecule has 0 spiro atoms. The third-order valence-corrected chi connectivity index (χ3v) is 5.98. The first-order valence-electron chi connectivity index (χ1n) is 4.57. The lowest BCUT2D eigenvalue weighted by molar-refractivity contribution is 0.604. The molecule has 1 aliphatic heterocycles. The molecule has 1 aromatic rings. The summed E-state index contributed by atoms with van der Waals surface area (Å²) in [5, 5.41) is 0.576. The van der Waals surface area contributed by atoms with Crippen LogP contribution in [0.1, 0.15) is 12.8 Å². The maximum Gasteiger partial charge on any atom is 0.132 e. The quantitative estimate of drug-likeness (QED) is 0.687. The first-order chi connectivity index (χ1) is 6.22. The van der Waals surface area contributed by atoms with Crippen LogP contribution in [0.4, 0.5) is 4.39 Å². The molecule has 1 fully saturated rings. The van der Waals surface area contributed by atoms with Gasteiger partial charge in [-0.2, -0.15) is 0 Å². The molecule has 3 heteroatoms. The van der Waals surface area contributed by atoms with Gasteiger partial charge < -0.3 is 4.89 Å². The molecule has 1 aliphatic rings. The summed E-state index contributed by atoms with van der Waals surface area (Å²) in [6, 6.07) is 6.63. The van der Waals surface area contributed by atoms with Crippen molar-refractivity contribution in [1.29, 1.82) is 0 Å². The largest absolute Gasteiger partial charge is 0.375 e. The fourth-order valence-electron chi connectivity index (χ4n) is 1.89. The van der Waals surface area contributed by atoms with Gasteiger partial charge in [-0.1, -0.05) is 12.1 Å². The summed E-state index contributed by atoms with van der Waals surface area (Å²) in [5.41, 5.74) is 0. The van der Waals surface area contributed by atoms with Gasteiger partial charge in [-0.15, -0.1) is 0 Å². The molecule has 0 aliphatic carbocycles. The molecule has 13 heavy (non-hydrogen) atoms. The van der Waals surface area contributed by atoms with Crippen molar-refractivity contribution in [2.75, 3.05) is 12.3 Å². The Labute approximate surface area is 78.0 Å². The lowest BCUT2D eigenvalue weighted by atomic mass is 10.3. The molecule has 0 amide bonds. The van der Waals surface area contributed by atoms with Gasteiger partial charge in [-0.05, 0) is 37.3 Å². The Morgan fingerprint density at radius 2 is 1.77 bits per heavy atom. The standard InChI is InChI=1S/C10H13FOP/c11-9-5-1-2-6-10(9)13(12)7-3-4-8-13/h1-2,5-6,12H,3-4,7-8H2. The highest BCUT2D eigenvalue weighted by Crippen LogP contribution is 2.59. The molecule has 0 unspecified atom stereocenters. The van der Waals surface area contributed by atoms with Crippen LogP contribution in [0.15, 0.2) is 24.3 Å². The zero-order valence-corrected chi connectivity index (χ0v) is 8.30. The topological polar surface area (TPSA) is 20.2 Å². The van der Waals surface area contributed by atoms with E-state index >= 15 is 0 Å². The predicted octanol–water partition coefficient (Wildman–Crippen LogP) is 2.17. The fourth-order valence-corrected chi connectivity index (χ4v) is 4.92. The summed E-state index contributed by atoms with van der Waals surface area (Å²) >= 11 is 0. The Morgan fingerprint density at radius 1 is 1.15 bits per heavy atom. The van der Waals surface area contributed by atoms with Crippen LogP contribution in [0.5, 0.6) is 0 Å². The van der Waals surface area contributed by atoms with Crippen molar-refractivity contribution in [2.24, 2.45) is 0 Å². The van der Waals surface area contributed by atoms with E-state index in [1.807, 2.05) is 0 Å². The molecule has 1 nitrogen and oxygen atoms in total. The number of hydrogen-bond acceptors (Lipinski definition) is 1. The highest BCUT2D eigenvalue weighted by molar-refractivity contribution is 7.78. The molecule has 0 bridgehead atoms. The Hall–Kier alpha value is -0.460. The highest BCUT2D eigenvalue weighted by atomic mass is 31.2. The summed E-state index contributed by atoms with van der Waals surface area (Å²) in [6.45, 7) is 0. The molecule has 2 rings (SSSR count).